The van der Waals surface area contributed by atoms with Crippen molar-refractivity contribution in [3.05, 3.63) is 53.6 Å². The number of nitrogens with zero attached hydrogens (tertiary/aromatic N) is 1. The monoisotopic (exact) mass is 356 g/mol. The van der Waals surface area contributed by atoms with Crippen LogP contribution in [0.15, 0.2) is 42.5 Å². The number of carbonyl (C=O) groups excluding carboxylic acids is 2. The number of amides is 2. The van der Waals surface area contributed by atoms with Gasteiger partial charge in [0.15, 0.2) is 0 Å². The number of nitrogens with one attached hydrogen (secondary N) is 1. The van der Waals surface area contributed by atoms with Gasteiger partial charge in [0, 0.05) is 18.3 Å². The van der Waals surface area contributed by atoms with Crippen molar-refractivity contribution >= 4 is 17.7 Å². The summed E-state index contributed by atoms with van der Waals surface area (Å²) in [5.74, 6) is 0.800. The third kappa shape index (κ3) is 3.72. The lowest BCUT2D eigenvalue weighted by molar-refractivity contribution is 0.0947. The van der Waals surface area contributed by atoms with E-state index in [0.29, 0.717) is 36.8 Å². The first-order valence-corrected chi connectivity index (χ1v) is 8.16. The standard InChI is InChI=1S/C19H20N2O5/c1-24-15-6-7-16(17(11-15)25-2)18(22)20-12-13-4-3-5-14(10-13)21-8-9-26-19(21)23/h3-7,10-11H,8-9,12H2,1-2H3,(H,20,22). The van der Waals surface area contributed by atoms with E-state index in [9.17, 15) is 9.59 Å². The molecule has 1 heterocycles. The fourth-order valence-corrected chi connectivity index (χ4v) is 2.73. The van der Waals surface area contributed by atoms with Crippen LogP contribution in [0.1, 0.15) is 15.9 Å². The molecule has 2 aromatic carbocycles. The Morgan fingerprint density at radius 2 is 2.04 bits per heavy atom. The van der Waals surface area contributed by atoms with Crippen LogP contribution in [0.5, 0.6) is 11.5 Å². The van der Waals surface area contributed by atoms with Gasteiger partial charge in [0.2, 0.25) is 0 Å². The van der Waals surface area contributed by atoms with Crippen LogP contribution in [-0.4, -0.2) is 39.4 Å². The molecule has 0 saturated carbocycles. The van der Waals surface area contributed by atoms with Gasteiger partial charge in [-0.2, -0.15) is 0 Å². The second-order valence-electron chi connectivity index (χ2n) is 5.68. The third-order valence-electron chi connectivity index (χ3n) is 4.09. The number of benzene rings is 2. The minimum Gasteiger partial charge on any atom is -0.497 e. The van der Waals surface area contributed by atoms with Gasteiger partial charge in [-0.1, -0.05) is 12.1 Å². The Morgan fingerprint density at radius 1 is 1.19 bits per heavy atom. The molecule has 3 rings (SSSR count). The highest BCUT2D eigenvalue weighted by molar-refractivity contribution is 5.97. The van der Waals surface area contributed by atoms with E-state index in [-0.39, 0.29) is 12.0 Å². The van der Waals surface area contributed by atoms with Crippen molar-refractivity contribution in [1.82, 2.24) is 5.32 Å². The molecule has 0 unspecified atom stereocenters. The quantitative estimate of drug-likeness (QED) is 0.861. The van der Waals surface area contributed by atoms with Crippen LogP contribution in [0, 0.1) is 0 Å². The Labute approximate surface area is 151 Å². The van der Waals surface area contributed by atoms with Crippen molar-refractivity contribution in [2.24, 2.45) is 0 Å². The van der Waals surface area contributed by atoms with Gasteiger partial charge in [-0.25, -0.2) is 4.79 Å². The Balaban J connectivity index is 1.69. The number of methoxy groups -OCH3 is 2. The largest absolute Gasteiger partial charge is 0.497 e. The summed E-state index contributed by atoms with van der Waals surface area (Å²) >= 11 is 0. The molecule has 1 aliphatic heterocycles. The van der Waals surface area contributed by atoms with E-state index in [1.165, 1.54) is 7.11 Å². The highest BCUT2D eigenvalue weighted by atomic mass is 16.6. The first-order valence-electron chi connectivity index (χ1n) is 8.16. The number of ether oxygens (including phenoxy) is 3. The Hall–Kier alpha value is -3.22. The van der Waals surface area contributed by atoms with Gasteiger partial charge in [-0.3, -0.25) is 9.69 Å². The van der Waals surface area contributed by atoms with Crippen LogP contribution in [-0.2, 0) is 11.3 Å². The molecule has 0 aromatic heterocycles. The Bertz CT molecular complexity index is 821. The first-order chi connectivity index (χ1) is 12.6. The van der Waals surface area contributed by atoms with E-state index in [1.54, 1.807) is 30.2 Å². The minimum atomic E-state index is -0.353. The zero-order chi connectivity index (χ0) is 18.5. The summed E-state index contributed by atoms with van der Waals surface area (Å²) in [4.78, 5) is 25.7. The van der Waals surface area contributed by atoms with E-state index >= 15 is 0 Å². The average Bonchev–Trinajstić information content (AvgIpc) is 3.11. The number of carbonyl (C=O) groups is 2. The summed E-state index contributed by atoms with van der Waals surface area (Å²) in [7, 11) is 3.06. The molecule has 7 heteroatoms. The van der Waals surface area contributed by atoms with Crippen molar-refractivity contribution in [3.8, 4) is 11.5 Å². The number of anilines is 1. The molecule has 1 N–H and O–H groups in total. The molecule has 0 bridgehead atoms. The Kier molecular flexibility index (Phi) is 5.26. The van der Waals surface area contributed by atoms with Gasteiger partial charge < -0.3 is 19.5 Å². The number of hydrogen-bond donors (Lipinski definition) is 1. The van der Waals surface area contributed by atoms with Gasteiger partial charge in [0.25, 0.3) is 5.91 Å². The molecule has 26 heavy (non-hydrogen) atoms. The van der Waals surface area contributed by atoms with E-state index in [1.807, 2.05) is 24.3 Å². The minimum absolute atomic E-state index is 0.254. The van der Waals surface area contributed by atoms with Gasteiger partial charge in [-0.15, -0.1) is 0 Å². The zero-order valence-corrected chi connectivity index (χ0v) is 14.7. The molecule has 0 atom stereocenters. The summed E-state index contributed by atoms with van der Waals surface area (Å²) in [6.45, 7) is 1.24. The van der Waals surface area contributed by atoms with Gasteiger partial charge in [0.05, 0.1) is 26.3 Å². The lowest BCUT2D eigenvalue weighted by Crippen LogP contribution is -2.25. The highest BCUT2D eigenvalue weighted by Gasteiger charge is 2.23. The first kappa shape index (κ1) is 17.6. The molecule has 0 spiro atoms. The second kappa shape index (κ2) is 7.77. The molecular weight excluding hydrogens is 336 g/mol. The zero-order valence-electron chi connectivity index (χ0n) is 14.7. The van der Waals surface area contributed by atoms with Crippen molar-refractivity contribution < 1.29 is 23.8 Å². The topological polar surface area (TPSA) is 77.1 Å². The molecule has 7 nitrogen and oxygen atoms in total. The second-order valence-corrected chi connectivity index (χ2v) is 5.68. The molecule has 1 aliphatic rings. The fourth-order valence-electron chi connectivity index (χ4n) is 2.73. The lowest BCUT2D eigenvalue weighted by Gasteiger charge is -2.14. The number of rotatable bonds is 6. The summed E-state index contributed by atoms with van der Waals surface area (Å²) in [6.07, 6.45) is -0.353. The molecule has 0 aliphatic carbocycles. The van der Waals surface area contributed by atoms with E-state index in [2.05, 4.69) is 5.32 Å². The molecule has 1 saturated heterocycles. The van der Waals surface area contributed by atoms with Crippen LogP contribution in [0.4, 0.5) is 10.5 Å². The molecule has 0 radical (unpaired) electrons. The maximum atomic E-state index is 12.5. The number of cyclic esters (lactones) is 1. The van der Waals surface area contributed by atoms with Gasteiger partial charge in [0.1, 0.15) is 18.1 Å². The molecular formula is C19H20N2O5. The van der Waals surface area contributed by atoms with Crippen LogP contribution in [0.2, 0.25) is 0 Å². The van der Waals surface area contributed by atoms with E-state index < -0.39 is 0 Å². The van der Waals surface area contributed by atoms with Crippen molar-refractivity contribution in [3.63, 3.8) is 0 Å². The normalized spacial score (nSPS) is 13.3. The van der Waals surface area contributed by atoms with Crippen molar-refractivity contribution in [2.45, 2.75) is 6.54 Å². The smallest absolute Gasteiger partial charge is 0.414 e. The fraction of sp³-hybridized carbons (Fsp3) is 0.263. The maximum Gasteiger partial charge on any atom is 0.414 e. The van der Waals surface area contributed by atoms with Crippen molar-refractivity contribution in [2.75, 3.05) is 32.3 Å². The van der Waals surface area contributed by atoms with Crippen molar-refractivity contribution in [1.29, 1.82) is 0 Å². The summed E-state index contributed by atoms with van der Waals surface area (Å²) < 4.78 is 15.4. The summed E-state index contributed by atoms with van der Waals surface area (Å²) in [5.41, 5.74) is 2.05. The summed E-state index contributed by atoms with van der Waals surface area (Å²) in [5, 5.41) is 2.86. The van der Waals surface area contributed by atoms with E-state index in [4.69, 9.17) is 14.2 Å². The molecule has 2 amide bonds. The predicted octanol–water partition coefficient (Wildman–Crippen LogP) is 2.59. The average molecular weight is 356 g/mol. The third-order valence-corrected chi connectivity index (χ3v) is 4.09. The summed E-state index contributed by atoms with van der Waals surface area (Å²) in [6, 6.07) is 12.4. The molecule has 2 aromatic rings. The molecule has 136 valence electrons. The highest BCUT2D eigenvalue weighted by Crippen LogP contribution is 2.25. The molecule has 1 fully saturated rings. The van der Waals surface area contributed by atoms with Gasteiger partial charge in [-0.05, 0) is 29.8 Å². The van der Waals surface area contributed by atoms with Crippen LogP contribution < -0.4 is 19.7 Å². The van der Waals surface area contributed by atoms with Crippen LogP contribution in [0.25, 0.3) is 0 Å². The lowest BCUT2D eigenvalue weighted by atomic mass is 10.1. The van der Waals surface area contributed by atoms with Crippen LogP contribution in [0.3, 0.4) is 0 Å². The van der Waals surface area contributed by atoms with E-state index in [0.717, 1.165) is 11.3 Å². The Morgan fingerprint density at radius 3 is 2.73 bits per heavy atom. The van der Waals surface area contributed by atoms with Crippen LogP contribution >= 0.6 is 0 Å². The maximum absolute atomic E-state index is 12.5. The number of hydrogen-bond acceptors (Lipinski definition) is 5. The SMILES string of the molecule is COc1ccc(C(=O)NCc2cccc(N3CCOC3=O)c2)c(OC)c1. The predicted molar refractivity (Wildman–Crippen MR) is 95.9 cm³/mol. The van der Waals surface area contributed by atoms with Gasteiger partial charge >= 0.3 is 6.09 Å².